The van der Waals surface area contributed by atoms with Crippen molar-refractivity contribution in [2.75, 3.05) is 13.2 Å². The van der Waals surface area contributed by atoms with Crippen LogP contribution in [0.4, 0.5) is 0 Å². The first-order valence-electron chi connectivity index (χ1n) is 28.2. The molecule has 0 aliphatic carbocycles. The molecule has 63 heavy (non-hydrogen) atoms. The van der Waals surface area contributed by atoms with E-state index in [0.29, 0.717) is 19.3 Å². The van der Waals surface area contributed by atoms with E-state index in [4.69, 9.17) is 14.2 Å². The van der Waals surface area contributed by atoms with E-state index >= 15 is 0 Å². The Morgan fingerprint density at radius 2 is 0.524 bits per heavy atom. The molecule has 0 amide bonds. The van der Waals surface area contributed by atoms with Gasteiger partial charge in [-0.1, -0.05) is 264 Å². The van der Waals surface area contributed by atoms with Crippen LogP contribution in [0.5, 0.6) is 0 Å². The van der Waals surface area contributed by atoms with Gasteiger partial charge in [0.05, 0.1) is 0 Å². The monoisotopic (exact) mass is 889 g/mol. The van der Waals surface area contributed by atoms with Crippen LogP contribution in [0.25, 0.3) is 0 Å². The zero-order valence-corrected chi connectivity index (χ0v) is 42.6. The quantitative estimate of drug-likeness (QED) is 0.0262. The second-order valence-electron chi connectivity index (χ2n) is 19.2. The maximum absolute atomic E-state index is 12.8. The van der Waals surface area contributed by atoms with Gasteiger partial charge in [0, 0.05) is 19.3 Å². The van der Waals surface area contributed by atoms with Gasteiger partial charge in [-0.15, -0.1) is 0 Å². The molecule has 0 aromatic carbocycles. The molecular formula is C57H108O6. The van der Waals surface area contributed by atoms with E-state index in [0.717, 1.165) is 57.8 Å². The Morgan fingerprint density at radius 1 is 0.302 bits per heavy atom. The molecule has 6 heteroatoms. The lowest BCUT2D eigenvalue weighted by atomic mass is 10.0. The van der Waals surface area contributed by atoms with E-state index in [1.54, 1.807) is 0 Å². The Labute approximate surface area is 392 Å². The summed E-state index contributed by atoms with van der Waals surface area (Å²) in [6.07, 6.45) is 59.1. The molecule has 0 heterocycles. The topological polar surface area (TPSA) is 78.9 Å². The molecule has 0 N–H and O–H groups in total. The molecule has 0 fully saturated rings. The van der Waals surface area contributed by atoms with Gasteiger partial charge in [0.15, 0.2) is 6.10 Å². The van der Waals surface area contributed by atoms with Crippen LogP contribution in [0.15, 0.2) is 12.2 Å². The highest BCUT2D eigenvalue weighted by atomic mass is 16.6. The number of hydrogen-bond acceptors (Lipinski definition) is 6. The minimum Gasteiger partial charge on any atom is -0.462 e. The average Bonchev–Trinajstić information content (AvgIpc) is 3.28. The number of rotatable bonds is 52. The number of carbonyl (C=O) groups is 3. The van der Waals surface area contributed by atoms with Crippen molar-refractivity contribution in [1.29, 1.82) is 0 Å². The van der Waals surface area contributed by atoms with Gasteiger partial charge in [-0.3, -0.25) is 14.4 Å². The minimum absolute atomic E-state index is 0.0659. The van der Waals surface area contributed by atoms with E-state index < -0.39 is 6.10 Å². The molecule has 0 saturated heterocycles. The summed E-state index contributed by atoms with van der Waals surface area (Å²) in [4.78, 5) is 38.1. The average molecular weight is 889 g/mol. The fourth-order valence-electron chi connectivity index (χ4n) is 8.50. The van der Waals surface area contributed by atoms with Gasteiger partial charge in [-0.05, 0) is 44.9 Å². The number of carbonyl (C=O) groups excluding carboxylic acids is 3. The van der Waals surface area contributed by atoms with Crippen molar-refractivity contribution in [2.45, 2.75) is 322 Å². The van der Waals surface area contributed by atoms with E-state index in [-0.39, 0.29) is 31.1 Å². The summed E-state index contributed by atoms with van der Waals surface area (Å²) in [6, 6.07) is 0. The Kier molecular flexibility index (Phi) is 51.2. The number of esters is 3. The Hall–Kier alpha value is -1.85. The molecular weight excluding hydrogens is 781 g/mol. The third-order valence-corrected chi connectivity index (χ3v) is 12.8. The highest BCUT2D eigenvalue weighted by Crippen LogP contribution is 2.17. The smallest absolute Gasteiger partial charge is 0.306 e. The fourth-order valence-corrected chi connectivity index (χ4v) is 8.50. The fraction of sp³-hybridized carbons (Fsp3) is 0.912. The van der Waals surface area contributed by atoms with Crippen LogP contribution in [0.3, 0.4) is 0 Å². The van der Waals surface area contributed by atoms with Crippen LogP contribution in [0, 0.1) is 0 Å². The van der Waals surface area contributed by atoms with Crippen LogP contribution < -0.4 is 0 Å². The second-order valence-corrected chi connectivity index (χ2v) is 19.2. The van der Waals surface area contributed by atoms with E-state index in [2.05, 4.69) is 32.9 Å². The van der Waals surface area contributed by atoms with E-state index in [9.17, 15) is 14.4 Å². The normalized spacial score (nSPS) is 12.0. The van der Waals surface area contributed by atoms with Crippen molar-refractivity contribution in [2.24, 2.45) is 0 Å². The van der Waals surface area contributed by atoms with Crippen LogP contribution >= 0.6 is 0 Å². The summed E-state index contributed by atoms with van der Waals surface area (Å²) in [5.41, 5.74) is 0. The third kappa shape index (κ3) is 51.0. The lowest BCUT2D eigenvalue weighted by Crippen LogP contribution is -2.30. The predicted molar refractivity (Wildman–Crippen MR) is 270 cm³/mol. The standard InChI is InChI=1S/C57H108O6/c1-4-7-10-13-16-19-22-25-27-28-30-32-35-38-41-44-47-50-56(59)62-53-54(52-61-55(58)49-46-43-40-37-34-31-24-21-18-15-12-9-6-3)63-57(60)51-48-45-42-39-36-33-29-26-23-20-17-14-11-8-5-2/h20,23,54H,4-19,21-22,24-53H2,1-3H3/b23-20-/t54-/m0/s1. The molecule has 0 aromatic rings. The SMILES string of the molecule is CCCCCC/C=C\CCCCCCCCCC(=O)O[C@@H](COC(=O)CCCCCCCCCCCCCCC)COC(=O)CCCCCCCCCCCCCCCCCCC. The van der Waals surface area contributed by atoms with Crippen LogP contribution in [-0.2, 0) is 28.6 Å². The zero-order chi connectivity index (χ0) is 45.8. The lowest BCUT2D eigenvalue weighted by molar-refractivity contribution is -0.167. The summed E-state index contributed by atoms with van der Waals surface area (Å²) in [5.74, 6) is -0.848. The summed E-state index contributed by atoms with van der Waals surface area (Å²) >= 11 is 0. The Balaban J connectivity index is 4.31. The van der Waals surface area contributed by atoms with Gasteiger partial charge >= 0.3 is 17.9 Å². The minimum atomic E-state index is -0.766. The summed E-state index contributed by atoms with van der Waals surface area (Å²) in [6.45, 7) is 6.67. The number of allylic oxidation sites excluding steroid dienone is 2. The molecule has 0 saturated carbocycles. The maximum Gasteiger partial charge on any atom is 0.306 e. The highest BCUT2D eigenvalue weighted by molar-refractivity contribution is 5.71. The zero-order valence-electron chi connectivity index (χ0n) is 42.6. The van der Waals surface area contributed by atoms with Crippen molar-refractivity contribution in [1.82, 2.24) is 0 Å². The maximum atomic E-state index is 12.8. The number of hydrogen-bond donors (Lipinski definition) is 0. The first-order chi connectivity index (χ1) is 31.0. The predicted octanol–water partition coefficient (Wildman–Crippen LogP) is 18.5. The molecule has 0 aliphatic rings. The Bertz CT molecular complexity index is 978. The van der Waals surface area contributed by atoms with Crippen molar-refractivity contribution < 1.29 is 28.6 Å². The van der Waals surface area contributed by atoms with Gasteiger partial charge < -0.3 is 14.2 Å². The van der Waals surface area contributed by atoms with Crippen molar-refractivity contribution in [3.8, 4) is 0 Å². The summed E-state index contributed by atoms with van der Waals surface area (Å²) < 4.78 is 16.9. The van der Waals surface area contributed by atoms with Crippen LogP contribution in [0.2, 0.25) is 0 Å². The molecule has 0 bridgehead atoms. The molecule has 6 nitrogen and oxygen atoms in total. The van der Waals surface area contributed by atoms with E-state index in [1.165, 1.54) is 218 Å². The molecule has 0 rings (SSSR count). The van der Waals surface area contributed by atoms with Gasteiger partial charge in [0.1, 0.15) is 13.2 Å². The van der Waals surface area contributed by atoms with Gasteiger partial charge in [0.2, 0.25) is 0 Å². The van der Waals surface area contributed by atoms with Crippen LogP contribution in [-0.4, -0.2) is 37.2 Å². The molecule has 1 atom stereocenters. The van der Waals surface area contributed by atoms with Crippen LogP contribution in [0.1, 0.15) is 316 Å². The largest absolute Gasteiger partial charge is 0.462 e. The highest BCUT2D eigenvalue weighted by Gasteiger charge is 2.19. The number of unbranched alkanes of at least 4 members (excludes halogenated alkanes) is 39. The second kappa shape index (κ2) is 52.8. The molecule has 0 radical (unpaired) electrons. The van der Waals surface area contributed by atoms with E-state index in [1.807, 2.05) is 0 Å². The molecule has 0 spiro atoms. The molecule has 372 valence electrons. The Morgan fingerprint density at radius 3 is 0.810 bits per heavy atom. The van der Waals surface area contributed by atoms with Gasteiger partial charge in [0.25, 0.3) is 0 Å². The first kappa shape index (κ1) is 61.1. The van der Waals surface area contributed by atoms with Gasteiger partial charge in [-0.25, -0.2) is 0 Å². The summed E-state index contributed by atoms with van der Waals surface area (Å²) in [5, 5.41) is 0. The molecule has 0 unspecified atom stereocenters. The third-order valence-electron chi connectivity index (χ3n) is 12.8. The number of ether oxygens (including phenoxy) is 3. The summed E-state index contributed by atoms with van der Waals surface area (Å²) in [7, 11) is 0. The van der Waals surface area contributed by atoms with Crippen molar-refractivity contribution >= 4 is 17.9 Å². The first-order valence-corrected chi connectivity index (χ1v) is 28.2. The van der Waals surface area contributed by atoms with Gasteiger partial charge in [-0.2, -0.15) is 0 Å². The molecule has 0 aromatic heterocycles. The van der Waals surface area contributed by atoms with Crippen molar-refractivity contribution in [3.05, 3.63) is 12.2 Å². The molecule has 0 aliphatic heterocycles. The van der Waals surface area contributed by atoms with Crippen molar-refractivity contribution in [3.63, 3.8) is 0 Å². The lowest BCUT2D eigenvalue weighted by Gasteiger charge is -2.18.